The molecule has 1 aromatic rings. The van der Waals surface area contributed by atoms with Crippen LogP contribution < -0.4 is 5.73 Å². The van der Waals surface area contributed by atoms with Crippen LogP contribution in [0.4, 0.5) is 0 Å². The van der Waals surface area contributed by atoms with Crippen molar-refractivity contribution in [2.24, 2.45) is 5.73 Å². The van der Waals surface area contributed by atoms with Crippen LogP contribution in [0.15, 0.2) is 29.2 Å². The lowest BCUT2D eigenvalue weighted by molar-refractivity contribution is 0.274. The van der Waals surface area contributed by atoms with Gasteiger partial charge in [0.15, 0.2) is 0 Å². The summed E-state index contributed by atoms with van der Waals surface area (Å²) in [5.74, 6) is 0. The Bertz CT molecular complexity index is 507. The van der Waals surface area contributed by atoms with Crippen LogP contribution in [0, 0.1) is 0 Å². The van der Waals surface area contributed by atoms with Gasteiger partial charge in [-0.05, 0) is 38.0 Å². The molecule has 0 atom stereocenters. The third kappa shape index (κ3) is 3.55. The monoisotopic (exact) mass is 284 g/mol. The summed E-state index contributed by atoms with van der Waals surface area (Å²) in [4.78, 5) is 0.316. The van der Waals surface area contributed by atoms with Crippen molar-refractivity contribution in [1.29, 1.82) is 0 Å². The molecule has 19 heavy (non-hydrogen) atoms. The topological polar surface area (TPSA) is 63.4 Å². The molecule has 0 aliphatic carbocycles. The summed E-state index contributed by atoms with van der Waals surface area (Å²) in [5.41, 5.74) is 6.20. The summed E-state index contributed by atoms with van der Waals surface area (Å²) in [6.07, 6.45) is 2.01. The molecule has 0 aromatic heterocycles. The maximum atomic E-state index is 12.5. The average Bonchev–Trinajstić information content (AvgIpc) is 2.39. The fraction of sp³-hybridized carbons (Fsp3) is 0.571. The number of aryl methyl sites for hydroxylation is 1. The molecule has 0 spiro atoms. The fourth-order valence-corrected chi connectivity index (χ4v) is 3.25. The van der Waals surface area contributed by atoms with E-state index in [1.165, 1.54) is 4.31 Å². The van der Waals surface area contributed by atoms with Gasteiger partial charge in [0, 0.05) is 19.1 Å². The van der Waals surface area contributed by atoms with E-state index in [-0.39, 0.29) is 6.54 Å². The molecule has 0 aliphatic rings. The zero-order chi connectivity index (χ0) is 14.7. The number of sulfonamides is 1. The lowest BCUT2D eigenvalue weighted by Crippen LogP contribution is -2.49. The van der Waals surface area contributed by atoms with Crippen LogP contribution in [0.1, 0.15) is 32.8 Å². The van der Waals surface area contributed by atoms with E-state index in [4.69, 9.17) is 5.73 Å². The molecule has 0 radical (unpaired) electrons. The van der Waals surface area contributed by atoms with Gasteiger partial charge in [0.1, 0.15) is 0 Å². The van der Waals surface area contributed by atoms with E-state index >= 15 is 0 Å². The van der Waals surface area contributed by atoms with E-state index in [0.29, 0.717) is 4.90 Å². The minimum absolute atomic E-state index is 0.274. The molecule has 1 aromatic carbocycles. The van der Waals surface area contributed by atoms with Crippen LogP contribution in [-0.2, 0) is 16.4 Å². The summed E-state index contributed by atoms with van der Waals surface area (Å²) in [5, 5.41) is 0. The largest absolute Gasteiger partial charge is 0.329 e. The Morgan fingerprint density at radius 2 is 1.74 bits per heavy atom. The zero-order valence-electron chi connectivity index (χ0n) is 12.2. The first-order chi connectivity index (χ1) is 8.75. The standard InChI is InChI=1S/C14H24N2O2S/c1-5-6-12-7-9-13(10-8-12)19(17,18)16(4)14(2,3)11-15/h7-10H,5-6,11,15H2,1-4H3. The van der Waals surface area contributed by atoms with Crippen molar-refractivity contribution in [3.8, 4) is 0 Å². The van der Waals surface area contributed by atoms with E-state index in [0.717, 1.165) is 18.4 Å². The number of hydrogen-bond acceptors (Lipinski definition) is 3. The normalized spacial score (nSPS) is 12.9. The number of nitrogens with two attached hydrogens (primary N) is 1. The van der Waals surface area contributed by atoms with Crippen molar-refractivity contribution in [2.75, 3.05) is 13.6 Å². The minimum atomic E-state index is -3.49. The molecule has 4 nitrogen and oxygen atoms in total. The van der Waals surface area contributed by atoms with Crippen molar-refractivity contribution in [3.05, 3.63) is 29.8 Å². The summed E-state index contributed by atoms with van der Waals surface area (Å²) >= 11 is 0. The van der Waals surface area contributed by atoms with Gasteiger partial charge in [0.2, 0.25) is 10.0 Å². The highest BCUT2D eigenvalue weighted by molar-refractivity contribution is 7.89. The lowest BCUT2D eigenvalue weighted by atomic mass is 10.1. The summed E-state index contributed by atoms with van der Waals surface area (Å²) in [7, 11) is -1.92. The lowest BCUT2D eigenvalue weighted by Gasteiger charge is -2.33. The third-order valence-corrected chi connectivity index (χ3v) is 5.56. The quantitative estimate of drug-likeness (QED) is 0.869. The van der Waals surface area contributed by atoms with Crippen LogP contribution >= 0.6 is 0 Å². The molecule has 0 unspecified atom stereocenters. The van der Waals surface area contributed by atoms with Gasteiger partial charge in [0.25, 0.3) is 0 Å². The molecule has 0 bridgehead atoms. The second-order valence-corrected chi connectivity index (χ2v) is 7.35. The number of likely N-dealkylation sites (N-methyl/N-ethyl adjacent to an activating group) is 1. The van der Waals surface area contributed by atoms with Gasteiger partial charge < -0.3 is 5.73 Å². The van der Waals surface area contributed by atoms with Gasteiger partial charge in [-0.25, -0.2) is 8.42 Å². The Kier molecular flexibility index (Phi) is 5.12. The number of rotatable bonds is 6. The van der Waals surface area contributed by atoms with Crippen molar-refractivity contribution < 1.29 is 8.42 Å². The van der Waals surface area contributed by atoms with Crippen molar-refractivity contribution in [1.82, 2.24) is 4.31 Å². The third-order valence-electron chi connectivity index (χ3n) is 3.47. The molecule has 1 rings (SSSR count). The molecule has 0 heterocycles. The Balaban J connectivity index is 3.07. The summed E-state index contributed by atoms with van der Waals surface area (Å²) in [6.45, 7) is 6.00. The minimum Gasteiger partial charge on any atom is -0.329 e. The maximum Gasteiger partial charge on any atom is 0.243 e. The fourth-order valence-electron chi connectivity index (χ4n) is 1.73. The summed E-state index contributed by atoms with van der Waals surface area (Å²) < 4.78 is 26.3. The predicted octanol–water partition coefficient (Wildman–Crippen LogP) is 2.00. The van der Waals surface area contributed by atoms with Gasteiger partial charge in [-0.3, -0.25) is 0 Å². The molecule has 0 saturated heterocycles. The Hall–Kier alpha value is -0.910. The molecular formula is C14H24N2O2S. The smallest absolute Gasteiger partial charge is 0.243 e. The van der Waals surface area contributed by atoms with Gasteiger partial charge in [-0.1, -0.05) is 25.5 Å². The highest BCUT2D eigenvalue weighted by atomic mass is 32.2. The van der Waals surface area contributed by atoms with E-state index < -0.39 is 15.6 Å². The molecule has 0 amide bonds. The van der Waals surface area contributed by atoms with Gasteiger partial charge >= 0.3 is 0 Å². The van der Waals surface area contributed by atoms with E-state index in [9.17, 15) is 8.42 Å². The first-order valence-corrected chi connectivity index (χ1v) is 7.97. The predicted molar refractivity (Wildman–Crippen MR) is 78.5 cm³/mol. The molecule has 0 fully saturated rings. The van der Waals surface area contributed by atoms with Crippen molar-refractivity contribution in [2.45, 2.75) is 44.0 Å². The SMILES string of the molecule is CCCc1ccc(S(=O)(=O)N(C)C(C)(C)CN)cc1. The van der Waals surface area contributed by atoms with Crippen LogP contribution in [0.25, 0.3) is 0 Å². The second kappa shape index (κ2) is 6.03. The Morgan fingerprint density at radius 3 is 2.16 bits per heavy atom. The van der Waals surface area contributed by atoms with E-state index in [1.807, 2.05) is 26.0 Å². The van der Waals surface area contributed by atoms with Crippen LogP contribution in [0.5, 0.6) is 0 Å². The first-order valence-electron chi connectivity index (χ1n) is 6.53. The Morgan fingerprint density at radius 1 is 1.21 bits per heavy atom. The Labute approximate surface area is 116 Å². The molecule has 2 N–H and O–H groups in total. The van der Waals surface area contributed by atoms with Crippen LogP contribution in [-0.4, -0.2) is 31.9 Å². The molecule has 5 heteroatoms. The maximum absolute atomic E-state index is 12.5. The van der Waals surface area contributed by atoms with Crippen molar-refractivity contribution in [3.63, 3.8) is 0 Å². The number of nitrogens with zero attached hydrogens (tertiary/aromatic N) is 1. The first kappa shape index (κ1) is 16.1. The van der Waals surface area contributed by atoms with Gasteiger partial charge in [0.05, 0.1) is 4.90 Å². The van der Waals surface area contributed by atoms with E-state index in [1.54, 1.807) is 19.2 Å². The number of hydrogen-bond donors (Lipinski definition) is 1. The summed E-state index contributed by atoms with van der Waals surface area (Å²) in [6, 6.07) is 7.09. The molecule has 0 aliphatic heterocycles. The molecule has 0 saturated carbocycles. The molecular weight excluding hydrogens is 260 g/mol. The van der Waals surface area contributed by atoms with Crippen LogP contribution in [0.2, 0.25) is 0 Å². The highest BCUT2D eigenvalue weighted by Crippen LogP contribution is 2.22. The van der Waals surface area contributed by atoms with Gasteiger partial charge in [-0.15, -0.1) is 0 Å². The van der Waals surface area contributed by atoms with Gasteiger partial charge in [-0.2, -0.15) is 4.31 Å². The second-order valence-electron chi connectivity index (χ2n) is 5.38. The highest BCUT2D eigenvalue weighted by Gasteiger charge is 2.32. The van der Waals surface area contributed by atoms with Crippen molar-refractivity contribution >= 4 is 10.0 Å². The molecule has 108 valence electrons. The average molecular weight is 284 g/mol. The zero-order valence-corrected chi connectivity index (χ0v) is 13.0. The van der Waals surface area contributed by atoms with E-state index in [2.05, 4.69) is 6.92 Å². The number of benzene rings is 1. The van der Waals surface area contributed by atoms with Crippen LogP contribution in [0.3, 0.4) is 0 Å².